The van der Waals surface area contributed by atoms with Gasteiger partial charge in [-0.15, -0.1) is 0 Å². The maximum atomic E-state index is 13.1. The number of amides is 1. The number of nitro benzene ring substituents is 1. The van der Waals surface area contributed by atoms with Crippen molar-refractivity contribution in [2.75, 3.05) is 32.8 Å². The molecular weight excluding hydrogens is 477 g/mol. The van der Waals surface area contributed by atoms with Crippen LogP contribution in [0.15, 0.2) is 48.5 Å². The molecule has 3 aromatic rings. The number of nitrogens with two attached hydrogens (primary N) is 1. The summed E-state index contributed by atoms with van der Waals surface area (Å²) in [6.07, 6.45) is -3.46. The number of para-hydroxylation sites is 1. The lowest BCUT2D eigenvalue weighted by atomic mass is 9.96. The monoisotopic (exact) mass is 502 g/mol. The quantitative estimate of drug-likeness (QED) is 0.344. The molecule has 1 fully saturated rings. The molecule has 0 atom stereocenters. The number of alkyl halides is 3. The maximum absolute atomic E-state index is 13.1. The largest absolute Gasteiger partial charge is 0.416 e. The third kappa shape index (κ3) is 5.42. The third-order valence-electron chi connectivity index (χ3n) is 6.23. The molecule has 0 saturated carbocycles. The van der Waals surface area contributed by atoms with Crippen LogP contribution in [-0.4, -0.2) is 53.6 Å². The number of carbonyl (C=O) groups excluding carboxylic acids is 1. The van der Waals surface area contributed by atoms with Gasteiger partial charge in [0, 0.05) is 24.8 Å². The van der Waals surface area contributed by atoms with E-state index in [2.05, 4.69) is 9.88 Å². The van der Waals surface area contributed by atoms with Crippen LogP contribution in [0.3, 0.4) is 0 Å². The average Bonchev–Trinajstić information content (AvgIpc) is 3.24. The number of carbonyl (C=O) groups is 1. The highest BCUT2D eigenvalue weighted by molar-refractivity contribution is 6.03. The van der Waals surface area contributed by atoms with E-state index in [1.807, 2.05) is 0 Å². The lowest BCUT2D eigenvalue weighted by molar-refractivity contribution is -0.384. The fourth-order valence-corrected chi connectivity index (χ4v) is 4.48. The summed E-state index contributed by atoms with van der Waals surface area (Å²) in [6.45, 7) is 3.55. The standard InChI is InChI=1S/C25H25F3N4O4/c26-25(27,28)17-9-7-16(8-10-17)22-19(5-3-11-31-12-14-36-15-13-31)21(24(29)33)23(30-22)18-4-1-2-6-20(18)32(34)35/h1-2,4,6-10,30H,3,5,11-15H2,(H2,29,33). The molecule has 36 heavy (non-hydrogen) atoms. The zero-order chi connectivity index (χ0) is 25.9. The SMILES string of the molecule is NC(=O)c1c(-c2ccccc2[N+](=O)[O-])[nH]c(-c2ccc(C(F)(F)F)cc2)c1CCCN1CCOCC1. The maximum Gasteiger partial charge on any atom is 0.416 e. The number of primary amides is 1. The highest BCUT2D eigenvalue weighted by atomic mass is 19.4. The van der Waals surface area contributed by atoms with Crippen LogP contribution in [0.4, 0.5) is 18.9 Å². The van der Waals surface area contributed by atoms with Gasteiger partial charge in [-0.3, -0.25) is 19.8 Å². The van der Waals surface area contributed by atoms with Crippen LogP contribution in [-0.2, 0) is 17.3 Å². The van der Waals surface area contributed by atoms with Gasteiger partial charge in [-0.25, -0.2) is 0 Å². The minimum absolute atomic E-state index is 0.0983. The number of ether oxygens (including phenoxy) is 1. The Hall–Kier alpha value is -3.70. The van der Waals surface area contributed by atoms with Gasteiger partial charge in [0.25, 0.3) is 11.6 Å². The first kappa shape index (κ1) is 25.4. The van der Waals surface area contributed by atoms with E-state index < -0.39 is 22.6 Å². The molecule has 190 valence electrons. The fourth-order valence-electron chi connectivity index (χ4n) is 4.48. The molecule has 1 aromatic heterocycles. The van der Waals surface area contributed by atoms with Crippen molar-refractivity contribution >= 4 is 11.6 Å². The first-order chi connectivity index (χ1) is 17.2. The Kier molecular flexibility index (Phi) is 7.41. The predicted molar refractivity (Wildman–Crippen MR) is 127 cm³/mol. The van der Waals surface area contributed by atoms with Crippen LogP contribution in [0.5, 0.6) is 0 Å². The molecular formula is C25H25F3N4O4. The van der Waals surface area contributed by atoms with Crippen molar-refractivity contribution in [2.45, 2.75) is 19.0 Å². The predicted octanol–water partition coefficient (Wildman–Crippen LogP) is 4.64. The second-order valence-electron chi connectivity index (χ2n) is 8.50. The molecule has 1 amide bonds. The summed E-state index contributed by atoms with van der Waals surface area (Å²) in [5.74, 6) is -0.779. The molecule has 4 rings (SSSR count). The van der Waals surface area contributed by atoms with E-state index in [1.54, 1.807) is 6.07 Å². The van der Waals surface area contributed by atoms with E-state index >= 15 is 0 Å². The first-order valence-electron chi connectivity index (χ1n) is 11.4. The van der Waals surface area contributed by atoms with E-state index in [-0.39, 0.29) is 22.5 Å². The molecule has 1 aliphatic heterocycles. The Bertz CT molecular complexity index is 1250. The zero-order valence-electron chi connectivity index (χ0n) is 19.3. The van der Waals surface area contributed by atoms with Crippen LogP contribution < -0.4 is 5.73 Å². The molecule has 0 bridgehead atoms. The van der Waals surface area contributed by atoms with E-state index in [4.69, 9.17) is 10.5 Å². The van der Waals surface area contributed by atoms with Gasteiger partial charge >= 0.3 is 6.18 Å². The number of benzene rings is 2. The summed E-state index contributed by atoms with van der Waals surface area (Å²) in [4.78, 5) is 29.1. The molecule has 3 N–H and O–H groups in total. The number of rotatable bonds is 8. The number of halogens is 3. The van der Waals surface area contributed by atoms with Gasteiger partial charge in [-0.2, -0.15) is 13.2 Å². The van der Waals surface area contributed by atoms with Crippen LogP contribution >= 0.6 is 0 Å². The average molecular weight is 502 g/mol. The summed E-state index contributed by atoms with van der Waals surface area (Å²) in [5, 5.41) is 11.7. The summed E-state index contributed by atoms with van der Waals surface area (Å²) >= 11 is 0. The van der Waals surface area contributed by atoms with Crippen LogP contribution in [0.2, 0.25) is 0 Å². The Morgan fingerprint density at radius 1 is 1.08 bits per heavy atom. The molecule has 1 saturated heterocycles. The van der Waals surface area contributed by atoms with Crippen molar-refractivity contribution in [3.8, 4) is 22.5 Å². The molecule has 0 spiro atoms. The van der Waals surface area contributed by atoms with Gasteiger partial charge in [-0.1, -0.05) is 24.3 Å². The van der Waals surface area contributed by atoms with Crippen molar-refractivity contribution in [1.82, 2.24) is 9.88 Å². The number of nitrogens with zero attached hydrogens (tertiary/aromatic N) is 2. The van der Waals surface area contributed by atoms with Crippen molar-refractivity contribution in [3.63, 3.8) is 0 Å². The second-order valence-corrected chi connectivity index (χ2v) is 8.50. The number of morpholine rings is 1. The van der Waals surface area contributed by atoms with Gasteiger partial charge in [0.2, 0.25) is 0 Å². The highest BCUT2D eigenvalue weighted by Crippen LogP contribution is 2.39. The van der Waals surface area contributed by atoms with Crippen molar-refractivity contribution in [1.29, 1.82) is 0 Å². The van der Waals surface area contributed by atoms with Crippen molar-refractivity contribution in [2.24, 2.45) is 5.73 Å². The molecule has 1 aliphatic rings. The smallest absolute Gasteiger partial charge is 0.379 e. The molecule has 8 nitrogen and oxygen atoms in total. The van der Waals surface area contributed by atoms with Gasteiger partial charge in [-0.05, 0) is 48.7 Å². The van der Waals surface area contributed by atoms with Crippen molar-refractivity contribution < 1.29 is 27.6 Å². The second kappa shape index (κ2) is 10.5. The molecule has 0 aliphatic carbocycles. The Morgan fingerprint density at radius 3 is 2.36 bits per heavy atom. The number of hydrogen-bond donors (Lipinski definition) is 2. The Balaban J connectivity index is 1.80. The van der Waals surface area contributed by atoms with Crippen LogP contribution in [0.1, 0.15) is 27.9 Å². The number of nitro groups is 1. The lowest BCUT2D eigenvalue weighted by Crippen LogP contribution is -2.37. The normalized spacial score (nSPS) is 14.6. The van der Waals surface area contributed by atoms with E-state index in [9.17, 15) is 28.1 Å². The molecule has 2 heterocycles. The zero-order valence-corrected chi connectivity index (χ0v) is 19.3. The Morgan fingerprint density at radius 2 is 1.75 bits per heavy atom. The van der Waals surface area contributed by atoms with Gasteiger partial charge in [0.15, 0.2) is 0 Å². The van der Waals surface area contributed by atoms with Crippen LogP contribution in [0.25, 0.3) is 22.5 Å². The molecule has 0 unspecified atom stereocenters. The first-order valence-corrected chi connectivity index (χ1v) is 11.4. The molecule has 11 heteroatoms. The van der Waals surface area contributed by atoms with E-state index in [1.165, 1.54) is 30.3 Å². The van der Waals surface area contributed by atoms with E-state index in [0.29, 0.717) is 42.9 Å². The number of nitrogens with one attached hydrogen (secondary N) is 1. The van der Waals surface area contributed by atoms with Gasteiger partial charge in [0.1, 0.15) is 0 Å². The van der Waals surface area contributed by atoms with Gasteiger partial charge < -0.3 is 15.5 Å². The minimum Gasteiger partial charge on any atom is -0.379 e. The summed E-state index contributed by atoms with van der Waals surface area (Å²) in [7, 11) is 0. The summed E-state index contributed by atoms with van der Waals surface area (Å²) < 4.78 is 44.7. The lowest BCUT2D eigenvalue weighted by Gasteiger charge is -2.26. The van der Waals surface area contributed by atoms with Crippen LogP contribution in [0, 0.1) is 10.1 Å². The Labute approximate surface area is 205 Å². The number of aromatic amines is 1. The molecule has 2 aromatic carbocycles. The fraction of sp³-hybridized carbons (Fsp3) is 0.320. The minimum atomic E-state index is -4.50. The number of H-pyrrole nitrogens is 1. The van der Waals surface area contributed by atoms with Crippen molar-refractivity contribution in [3.05, 3.63) is 75.3 Å². The highest BCUT2D eigenvalue weighted by Gasteiger charge is 2.31. The third-order valence-corrected chi connectivity index (χ3v) is 6.23. The number of aromatic nitrogens is 1. The van der Waals surface area contributed by atoms with E-state index in [0.717, 1.165) is 31.8 Å². The topological polar surface area (TPSA) is 114 Å². The number of hydrogen-bond acceptors (Lipinski definition) is 5. The van der Waals surface area contributed by atoms with Gasteiger partial charge in [0.05, 0.1) is 40.5 Å². The summed E-state index contributed by atoms with van der Waals surface area (Å²) in [6, 6.07) is 10.5. The molecule has 0 radical (unpaired) electrons. The summed E-state index contributed by atoms with van der Waals surface area (Å²) in [5.41, 5.74) is 6.52.